The van der Waals surface area contributed by atoms with Gasteiger partial charge in [0.25, 0.3) is 0 Å². The second-order valence-electron chi connectivity index (χ2n) is 7.65. The van der Waals surface area contributed by atoms with Gasteiger partial charge in [-0.15, -0.1) is 11.3 Å². The van der Waals surface area contributed by atoms with E-state index in [1.807, 2.05) is 11.3 Å². The number of carbonyl (C=O) groups is 1. The summed E-state index contributed by atoms with van der Waals surface area (Å²) in [4.78, 5) is 18.9. The molecule has 1 fully saturated rings. The second-order valence-corrected chi connectivity index (χ2v) is 8.66. The Morgan fingerprint density at radius 3 is 2.83 bits per heavy atom. The molecule has 2 aliphatic heterocycles. The van der Waals surface area contributed by atoms with Crippen LogP contribution in [-0.2, 0) is 17.8 Å². The molecule has 1 N–H and O–H groups in total. The van der Waals surface area contributed by atoms with Crippen LogP contribution in [0.15, 0.2) is 11.4 Å². The van der Waals surface area contributed by atoms with E-state index in [4.69, 9.17) is 0 Å². The fourth-order valence-corrected chi connectivity index (χ4v) is 4.76. The minimum atomic E-state index is 0.221. The third-order valence-corrected chi connectivity index (χ3v) is 6.22. The van der Waals surface area contributed by atoms with Crippen LogP contribution < -0.4 is 5.32 Å². The topological polar surface area (TPSA) is 35.6 Å². The van der Waals surface area contributed by atoms with E-state index in [-0.39, 0.29) is 11.8 Å². The monoisotopic (exact) mass is 349 g/mol. The van der Waals surface area contributed by atoms with E-state index in [1.54, 1.807) is 4.88 Å². The number of hydrogen-bond acceptors (Lipinski definition) is 4. The number of nitrogens with zero attached hydrogens (tertiary/aromatic N) is 2. The lowest BCUT2D eigenvalue weighted by Crippen LogP contribution is -2.43. The highest BCUT2D eigenvalue weighted by Crippen LogP contribution is 2.23. The van der Waals surface area contributed by atoms with Crippen molar-refractivity contribution in [2.45, 2.75) is 39.7 Å². The molecule has 1 amide bonds. The molecule has 0 aliphatic carbocycles. The summed E-state index contributed by atoms with van der Waals surface area (Å²) in [5.74, 6) is 1.20. The van der Waals surface area contributed by atoms with Gasteiger partial charge in [0.1, 0.15) is 0 Å². The van der Waals surface area contributed by atoms with Crippen molar-refractivity contribution in [3.05, 3.63) is 21.9 Å². The molecule has 0 aromatic carbocycles. The zero-order chi connectivity index (χ0) is 16.9. The van der Waals surface area contributed by atoms with Crippen molar-refractivity contribution in [1.29, 1.82) is 0 Å². The first-order valence-corrected chi connectivity index (χ1v) is 10.3. The van der Waals surface area contributed by atoms with Gasteiger partial charge < -0.3 is 10.2 Å². The Hall–Kier alpha value is -0.910. The Labute approximate surface area is 150 Å². The van der Waals surface area contributed by atoms with Crippen LogP contribution in [-0.4, -0.2) is 55.0 Å². The SMILES string of the molecule is CC(C)CN1CCC(C(=O)NCCN2CCc3sccc3C2)CC1. The van der Waals surface area contributed by atoms with Crippen molar-refractivity contribution in [3.63, 3.8) is 0 Å². The van der Waals surface area contributed by atoms with Crippen molar-refractivity contribution in [2.75, 3.05) is 39.3 Å². The maximum Gasteiger partial charge on any atom is 0.223 e. The van der Waals surface area contributed by atoms with Gasteiger partial charge in [-0.25, -0.2) is 0 Å². The molecule has 1 aromatic rings. The third kappa shape index (κ3) is 4.80. The number of rotatable bonds is 6. The van der Waals surface area contributed by atoms with Crippen LogP contribution in [0.1, 0.15) is 37.1 Å². The highest BCUT2D eigenvalue weighted by molar-refractivity contribution is 7.10. The summed E-state index contributed by atoms with van der Waals surface area (Å²) in [5, 5.41) is 5.37. The highest BCUT2D eigenvalue weighted by atomic mass is 32.1. The van der Waals surface area contributed by atoms with Crippen LogP contribution in [0.25, 0.3) is 0 Å². The summed E-state index contributed by atoms with van der Waals surface area (Å²) in [5.41, 5.74) is 1.48. The first kappa shape index (κ1) is 17.9. The Morgan fingerprint density at radius 2 is 2.08 bits per heavy atom. The van der Waals surface area contributed by atoms with Gasteiger partial charge in [0.05, 0.1) is 0 Å². The van der Waals surface area contributed by atoms with Gasteiger partial charge in [-0.1, -0.05) is 13.8 Å². The smallest absolute Gasteiger partial charge is 0.223 e. The zero-order valence-corrected chi connectivity index (χ0v) is 15.9. The van der Waals surface area contributed by atoms with Crippen LogP contribution in [0, 0.1) is 11.8 Å². The van der Waals surface area contributed by atoms with E-state index in [9.17, 15) is 4.79 Å². The highest BCUT2D eigenvalue weighted by Gasteiger charge is 2.25. The van der Waals surface area contributed by atoms with Gasteiger partial charge in [0, 0.05) is 43.5 Å². The summed E-state index contributed by atoms with van der Waals surface area (Å²) < 4.78 is 0. The average molecular weight is 350 g/mol. The Balaban J connectivity index is 1.33. The molecule has 0 unspecified atom stereocenters. The predicted octanol–water partition coefficient (Wildman–Crippen LogP) is 2.59. The molecule has 0 saturated carbocycles. The van der Waals surface area contributed by atoms with Crippen LogP contribution in [0.4, 0.5) is 0 Å². The van der Waals surface area contributed by atoms with Crippen LogP contribution in [0.2, 0.25) is 0 Å². The molecule has 0 radical (unpaired) electrons. The Kier molecular flexibility index (Phi) is 6.31. The minimum Gasteiger partial charge on any atom is -0.355 e. The van der Waals surface area contributed by atoms with E-state index in [0.717, 1.165) is 65.1 Å². The minimum absolute atomic E-state index is 0.221. The zero-order valence-electron chi connectivity index (χ0n) is 15.1. The van der Waals surface area contributed by atoms with Crippen molar-refractivity contribution in [1.82, 2.24) is 15.1 Å². The van der Waals surface area contributed by atoms with Crippen molar-refractivity contribution in [2.24, 2.45) is 11.8 Å². The van der Waals surface area contributed by atoms with E-state index in [1.165, 1.54) is 5.56 Å². The maximum atomic E-state index is 12.4. The Morgan fingerprint density at radius 1 is 1.29 bits per heavy atom. The lowest BCUT2D eigenvalue weighted by atomic mass is 9.95. The number of nitrogens with one attached hydrogen (secondary N) is 1. The van der Waals surface area contributed by atoms with Gasteiger partial charge in [-0.05, 0) is 55.3 Å². The van der Waals surface area contributed by atoms with Crippen LogP contribution >= 0.6 is 11.3 Å². The molecule has 1 aromatic heterocycles. The quantitative estimate of drug-likeness (QED) is 0.857. The lowest BCUT2D eigenvalue weighted by Gasteiger charge is -2.32. The van der Waals surface area contributed by atoms with E-state index in [2.05, 4.69) is 40.4 Å². The number of piperidine rings is 1. The largest absolute Gasteiger partial charge is 0.355 e. The molecule has 1 saturated heterocycles. The normalized spacial score (nSPS) is 20.3. The maximum absolute atomic E-state index is 12.4. The molecule has 24 heavy (non-hydrogen) atoms. The van der Waals surface area contributed by atoms with Crippen molar-refractivity contribution < 1.29 is 4.79 Å². The van der Waals surface area contributed by atoms with Gasteiger partial charge in [-0.3, -0.25) is 9.69 Å². The molecule has 134 valence electrons. The van der Waals surface area contributed by atoms with Gasteiger partial charge in [0.15, 0.2) is 0 Å². The van der Waals surface area contributed by atoms with Crippen LogP contribution in [0.5, 0.6) is 0 Å². The van der Waals surface area contributed by atoms with Gasteiger partial charge in [-0.2, -0.15) is 0 Å². The van der Waals surface area contributed by atoms with E-state index in [0.29, 0.717) is 5.92 Å². The van der Waals surface area contributed by atoms with E-state index < -0.39 is 0 Å². The van der Waals surface area contributed by atoms with Gasteiger partial charge in [0.2, 0.25) is 5.91 Å². The average Bonchev–Trinajstić information content (AvgIpc) is 3.02. The molecule has 0 atom stereocenters. The van der Waals surface area contributed by atoms with Crippen LogP contribution in [0.3, 0.4) is 0 Å². The first-order chi connectivity index (χ1) is 11.6. The summed E-state index contributed by atoms with van der Waals surface area (Å²) in [6.45, 7) is 11.7. The number of amides is 1. The molecule has 4 nitrogen and oxygen atoms in total. The fourth-order valence-electron chi connectivity index (χ4n) is 3.87. The molecule has 0 spiro atoms. The second kappa shape index (κ2) is 8.45. The molecule has 3 heterocycles. The summed E-state index contributed by atoms with van der Waals surface area (Å²) in [7, 11) is 0. The summed E-state index contributed by atoms with van der Waals surface area (Å²) >= 11 is 1.88. The molecular formula is C19H31N3OS. The predicted molar refractivity (Wildman–Crippen MR) is 100 cm³/mol. The summed E-state index contributed by atoms with van der Waals surface area (Å²) in [6, 6.07) is 2.25. The standard InChI is InChI=1S/C19H31N3OS/c1-15(2)13-21-8-3-16(4-9-21)19(23)20-7-11-22-10-5-18-17(14-22)6-12-24-18/h6,12,15-16H,3-5,7-11,13-14H2,1-2H3,(H,20,23). The fraction of sp³-hybridized carbons (Fsp3) is 0.737. The first-order valence-electron chi connectivity index (χ1n) is 9.39. The Bertz CT molecular complexity index is 534. The number of hydrogen-bond donors (Lipinski definition) is 1. The number of carbonyl (C=O) groups excluding carboxylic acids is 1. The van der Waals surface area contributed by atoms with E-state index >= 15 is 0 Å². The third-order valence-electron chi connectivity index (χ3n) is 5.20. The molecule has 2 aliphatic rings. The molecule has 3 rings (SSSR count). The van der Waals surface area contributed by atoms with Crippen molar-refractivity contribution >= 4 is 17.2 Å². The number of thiophene rings is 1. The molecule has 5 heteroatoms. The lowest BCUT2D eigenvalue weighted by molar-refractivity contribution is -0.126. The van der Waals surface area contributed by atoms with Gasteiger partial charge >= 0.3 is 0 Å². The number of fused-ring (bicyclic) bond motifs is 1. The summed E-state index contributed by atoms with van der Waals surface area (Å²) in [6.07, 6.45) is 3.19. The molecule has 0 bridgehead atoms. The number of likely N-dealkylation sites (tertiary alicyclic amines) is 1. The van der Waals surface area contributed by atoms with Crippen molar-refractivity contribution in [3.8, 4) is 0 Å². The molecular weight excluding hydrogens is 318 g/mol.